The summed E-state index contributed by atoms with van der Waals surface area (Å²) < 4.78 is 16.4. The molecule has 0 aromatic heterocycles. The largest absolute Gasteiger partial charge is 0.497 e. The number of rotatable bonds is 6. The van der Waals surface area contributed by atoms with Gasteiger partial charge in [-0.05, 0) is 61.0 Å². The Bertz CT molecular complexity index is 1050. The smallest absolute Gasteiger partial charge is 0.262 e. The molecule has 1 amide bonds. The van der Waals surface area contributed by atoms with E-state index in [1.807, 2.05) is 73.7 Å². The van der Waals surface area contributed by atoms with E-state index in [-0.39, 0.29) is 5.91 Å². The van der Waals surface area contributed by atoms with Crippen molar-refractivity contribution in [2.75, 3.05) is 31.0 Å². The fourth-order valence-corrected chi connectivity index (χ4v) is 3.62. The molecule has 1 N–H and O–H groups in total. The topological polar surface area (TPSA) is 60.0 Å². The minimum Gasteiger partial charge on any atom is -0.497 e. The molecule has 1 aliphatic rings. The standard InChI is InChI=1S/C24H24N2O4/c1-4-30-21-14-9-16(15-22(21)29-3)23-25-20-8-6-5-7-19(20)24(27)26(23)17-10-12-18(28-2)13-11-17/h5-15,23,25H,4H2,1-3H3/t23-/m1/s1. The van der Waals surface area contributed by atoms with Crippen molar-refractivity contribution in [3.8, 4) is 17.2 Å². The van der Waals surface area contributed by atoms with Crippen molar-refractivity contribution >= 4 is 17.3 Å². The van der Waals surface area contributed by atoms with Crippen LogP contribution >= 0.6 is 0 Å². The van der Waals surface area contributed by atoms with Crippen LogP contribution in [0.25, 0.3) is 0 Å². The lowest BCUT2D eigenvalue weighted by Crippen LogP contribution is -2.43. The second kappa shape index (κ2) is 8.37. The molecule has 3 aromatic carbocycles. The molecule has 3 aromatic rings. The van der Waals surface area contributed by atoms with Gasteiger partial charge in [-0.3, -0.25) is 9.69 Å². The van der Waals surface area contributed by atoms with Gasteiger partial charge in [0.05, 0.1) is 26.4 Å². The molecule has 0 unspecified atom stereocenters. The zero-order valence-corrected chi connectivity index (χ0v) is 17.2. The second-order valence-electron chi connectivity index (χ2n) is 6.81. The molecule has 0 saturated carbocycles. The number of anilines is 2. The summed E-state index contributed by atoms with van der Waals surface area (Å²) in [6.45, 7) is 2.47. The lowest BCUT2D eigenvalue weighted by molar-refractivity contribution is 0.0975. The highest BCUT2D eigenvalue weighted by molar-refractivity contribution is 6.12. The van der Waals surface area contributed by atoms with E-state index >= 15 is 0 Å². The number of hydrogen-bond donors (Lipinski definition) is 1. The first-order valence-electron chi connectivity index (χ1n) is 9.80. The quantitative estimate of drug-likeness (QED) is 0.635. The molecular formula is C24H24N2O4. The van der Waals surface area contributed by atoms with Crippen LogP contribution < -0.4 is 24.4 Å². The van der Waals surface area contributed by atoms with Crippen LogP contribution in [0.5, 0.6) is 17.2 Å². The molecule has 0 radical (unpaired) electrons. The van der Waals surface area contributed by atoms with Gasteiger partial charge in [0.25, 0.3) is 5.91 Å². The fourth-order valence-electron chi connectivity index (χ4n) is 3.62. The highest BCUT2D eigenvalue weighted by atomic mass is 16.5. The predicted octanol–water partition coefficient (Wildman–Crippen LogP) is 4.87. The molecule has 4 rings (SSSR count). The van der Waals surface area contributed by atoms with Crippen molar-refractivity contribution in [1.29, 1.82) is 0 Å². The number of methoxy groups -OCH3 is 2. The van der Waals surface area contributed by atoms with Gasteiger partial charge in [0.1, 0.15) is 11.9 Å². The van der Waals surface area contributed by atoms with Gasteiger partial charge in [0.15, 0.2) is 11.5 Å². The van der Waals surface area contributed by atoms with Crippen LogP contribution in [0, 0.1) is 0 Å². The van der Waals surface area contributed by atoms with Crippen LogP contribution in [0.3, 0.4) is 0 Å². The highest BCUT2D eigenvalue weighted by Crippen LogP contribution is 2.39. The van der Waals surface area contributed by atoms with Crippen LogP contribution in [-0.4, -0.2) is 26.7 Å². The molecule has 6 heteroatoms. The number of hydrogen-bond acceptors (Lipinski definition) is 5. The Labute approximate surface area is 176 Å². The molecule has 0 spiro atoms. The molecule has 0 aliphatic carbocycles. The van der Waals surface area contributed by atoms with Crippen LogP contribution in [-0.2, 0) is 0 Å². The normalized spacial score (nSPS) is 15.2. The average Bonchev–Trinajstić information content (AvgIpc) is 2.79. The summed E-state index contributed by atoms with van der Waals surface area (Å²) in [5, 5.41) is 3.50. The van der Waals surface area contributed by atoms with Crippen LogP contribution in [0.2, 0.25) is 0 Å². The summed E-state index contributed by atoms with van der Waals surface area (Å²) in [4.78, 5) is 15.2. The van der Waals surface area contributed by atoms with Crippen molar-refractivity contribution in [3.05, 3.63) is 77.9 Å². The minimum atomic E-state index is -0.412. The van der Waals surface area contributed by atoms with Crippen LogP contribution in [0.4, 0.5) is 11.4 Å². The summed E-state index contributed by atoms with van der Waals surface area (Å²) in [5.41, 5.74) is 3.07. The number of benzene rings is 3. The summed E-state index contributed by atoms with van der Waals surface area (Å²) in [6.07, 6.45) is -0.412. The number of para-hydroxylation sites is 1. The first-order valence-corrected chi connectivity index (χ1v) is 9.80. The predicted molar refractivity (Wildman–Crippen MR) is 117 cm³/mol. The highest BCUT2D eigenvalue weighted by Gasteiger charge is 2.34. The SMILES string of the molecule is CCOc1ccc([C@@H]2Nc3ccccc3C(=O)N2c2ccc(OC)cc2)cc1OC. The third-order valence-corrected chi connectivity index (χ3v) is 5.08. The third-order valence-electron chi connectivity index (χ3n) is 5.08. The van der Waals surface area contributed by atoms with Gasteiger partial charge in [0, 0.05) is 11.4 Å². The van der Waals surface area contributed by atoms with Crippen molar-refractivity contribution in [2.45, 2.75) is 13.1 Å². The van der Waals surface area contributed by atoms with Gasteiger partial charge in [-0.1, -0.05) is 18.2 Å². The van der Waals surface area contributed by atoms with E-state index in [0.29, 0.717) is 23.7 Å². The van der Waals surface area contributed by atoms with E-state index in [1.54, 1.807) is 19.1 Å². The number of fused-ring (bicyclic) bond motifs is 1. The second-order valence-corrected chi connectivity index (χ2v) is 6.81. The number of ether oxygens (including phenoxy) is 3. The van der Waals surface area contributed by atoms with Crippen molar-refractivity contribution in [1.82, 2.24) is 0 Å². The fraction of sp³-hybridized carbons (Fsp3) is 0.208. The zero-order valence-electron chi connectivity index (χ0n) is 17.2. The monoisotopic (exact) mass is 404 g/mol. The molecule has 0 bridgehead atoms. The van der Waals surface area contributed by atoms with Gasteiger partial charge in [-0.2, -0.15) is 0 Å². The molecule has 30 heavy (non-hydrogen) atoms. The Morgan fingerprint density at radius 1 is 0.933 bits per heavy atom. The molecule has 0 fully saturated rings. The molecular weight excluding hydrogens is 380 g/mol. The van der Waals surface area contributed by atoms with Gasteiger partial charge in [0.2, 0.25) is 0 Å². The van der Waals surface area contributed by atoms with E-state index in [0.717, 1.165) is 22.7 Å². The number of carbonyl (C=O) groups excluding carboxylic acids is 1. The maximum absolute atomic E-state index is 13.5. The summed E-state index contributed by atoms with van der Waals surface area (Å²) in [6, 6.07) is 20.7. The van der Waals surface area contributed by atoms with Crippen molar-refractivity contribution in [2.24, 2.45) is 0 Å². The molecule has 154 valence electrons. The number of nitrogens with zero attached hydrogens (tertiary/aromatic N) is 1. The van der Waals surface area contributed by atoms with Gasteiger partial charge < -0.3 is 19.5 Å². The third kappa shape index (κ3) is 3.52. The Hall–Kier alpha value is -3.67. The number of nitrogens with one attached hydrogen (secondary N) is 1. The molecule has 1 heterocycles. The molecule has 1 aliphatic heterocycles. The van der Waals surface area contributed by atoms with E-state index in [1.165, 1.54) is 0 Å². The Kier molecular flexibility index (Phi) is 5.48. The Balaban J connectivity index is 1.81. The molecule has 0 saturated heterocycles. The van der Waals surface area contributed by atoms with Crippen LogP contribution in [0.15, 0.2) is 66.7 Å². The Morgan fingerprint density at radius 3 is 2.40 bits per heavy atom. The summed E-state index contributed by atoms with van der Waals surface area (Å²) >= 11 is 0. The number of amides is 1. The first kappa shape index (κ1) is 19.6. The lowest BCUT2D eigenvalue weighted by Gasteiger charge is -2.38. The van der Waals surface area contributed by atoms with Gasteiger partial charge in [-0.25, -0.2) is 0 Å². The lowest BCUT2D eigenvalue weighted by atomic mass is 10.0. The zero-order chi connectivity index (χ0) is 21.1. The van der Waals surface area contributed by atoms with E-state index in [2.05, 4.69) is 5.32 Å². The maximum Gasteiger partial charge on any atom is 0.262 e. The van der Waals surface area contributed by atoms with Gasteiger partial charge >= 0.3 is 0 Å². The van der Waals surface area contributed by atoms with E-state index in [9.17, 15) is 4.79 Å². The molecule has 1 atom stereocenters. The van der Waals surface area contributed by atoms with Crippen molar-refractivity contribution in [3.63, 3.8) is 0 Å². The first-order chi connectivity index (χ1) is 14.7. The van der Waals surface area contributed by atoms with Gasteiger partial charge in [-0.15, -0.1) is 0 Å². The minimum absolute atomic E-state index is 0.0765. The van der Waals surface area contributed by atoms with Crippen molar-refractivity contribution < 1.29 is 19.0 Å². The van der Waals surface area contributed by atoms with E-state index < -0.39 is 6.17 Å². The summed E-state index contributed by atoms with van der Waals surface area (Å²) in [5.74, 6) is 1.95. The maximum atomic E-state index is 13.5. The summed E-state index contributed by atoms with van der Waals surface area (Å²) in [7, 11) is 3.23. The van der Waals surface area contributed by atoms with Crippen LogP contribution in [0.1, 0.15) is 29.0 Å². The average molecular weight is 404 g/mol. The Morgan fingerprint density at radius 2 is 1.70 bits per heavy atom. The van der Waals surface area contributed by atoms with E-state index in [4.69, 9.17) is 14.2 Å². The number of carbonyl (C=O) groups is 1. The molecule has 6 nitrogen and oxygen atoms in total.